The summed E-state index contributed by atoms with van der Waals surface area (Å²) in [4.78, 5) is 3.94. The number of anilines is 1. The van der Waals surface area contributed by atoms with E-state index in [1.807, 2.05) is 12.1 Å². The van der Waals surface area contributed by atoms with E-state index in [0.717, 1.165) is 24.4 Å². The zero-order valence-corrected chi connectivity index (χ0v) is 8.51. The van der Waals surface area contributed by atoms with Crippen LogP contribution >= 0.6 is 12.0 Å². The molecule has 0 spiro atoms. The van der Waals surface area contributed by atoms with E-state index in [0.29, 0.717) is 0 Å². The second-order valence-corrected chi connectivity index (χ2v) is 3.48. The number of hydrogen-bond acceptors (Lipinski definition) is 4. The standard InChI is InChI=1S/C9H14N2OS/c1-12-13-8-2-5-11-9-3-6-10-7-4-9/h3-4,6-7H,2,5,8H2,1H3,(H,10,11). The Hall–Kier alpha value is -0.740. The first-order valence-corrected chi connectivity index (χ1v) is 5.14. The highest BCUT2D eigenvalue weighted by Crippen LogP contribution is 2.05. The molecule has 0 saturated heterocycles. The average Bonchev–Trinajstić information content (AvgIpc) is 2.19. The van der Waals surface area contributed by atoms with Crippen molar-refractivity contribution in [1.29, 1.82) is 0 Å². The summed E-state index contributed by atoms with van der Waals surface area (Å²) in [6.45, 7) is 0.973. The second kappa shape index (κ2) is 6.74. The van der Waals surface area contributed by atoms with Gasteiger partial charge in [0.05, 0.1) is 7.11 Å². The molecule has 0 unspecified atom stereocenters. The molecule has 0 fully saturated rings. The normalized spacial score (nSPS) is 9.92. The van der Waals surface area contributed by atoms with Gasteiger partial charge in [-0.1, -0.05) is 0 Å². The van der Waals surface area contributed by atoms with Crippen molar-refractivity contribution in [3.8, 4) is 0 Å². The maximum Gasteiger partial charge on any atom is 0.0503 e. The Morgan fingerprint density at radius 1 is 1.46 bits per heavy atom. The summed E-state index contributed by atoms with van der Waals surface area (Å²) in [6.07, 6.45) is 4.67. The van der Waals surface area contributed by atoms with Crippen LogP contribution in [0.1, 0.15) is 6.42 Å². The quantitative estimate of drug-likeness (QED) is 0.561. The van der Waals surface area contributed by atoms with Crippen LogP contribution < -0.4 is 5.32 Å². The van der Waals surface area contributed by atoms with Gasteiger partial charge in [0.1, 0.15) is 0 Å². The molecular formula is C9H14N2OS. The van der Waals surface area contributed by atoms with Crippen LogP contribution in [-0.4, -0.2) is 24.4 Å². The highest BCUT2D eigenvalue weighted by molar-refractivity contribution is 7.94. The van der Waals surface area contributed by atoms with Crippen LogP contribution in [0.3, 0.4) is 0 Å². The van der Waals surface area contributed by atoms with Gasteiger partial charge in [-0.25, -0.2) is 0 Å². The van der Waals surface area contributed by atoms with Gasteiger partial charge in [-0.2, -0.15) is 0 Å². The summed E-state index contributed by atoms with van der Waals surface area (Å²) in [5.41, 5.74) is 1.12. The predicted molar refractivity (Wildman–Crippen MR) is 56.8 cm³/mol. The zero-order valence-electron chi connectivity index (χ0n) is 7.69. The minimum Gasteiger partial charge on any atom is -0.385 e. The fraction of sp³-hybridized carbons (Fsp3) is 0.444. The van der Waals surface area contributed by atoms with Crippen LogP contribution in [0.4, 0.5) is 5.69 Å². The van der Waals surface area contributed by atoms with Crippen LogP contribution in [0.5, 0.6) is 0 Å². The van der Waals surface area contributed by atoms with Gasteiger partial charge in [0, 0.05) is 30.4 Å². The molecule has 1 rings (SSSR count). The summed E-state index contributed by atoms with van der Waals surface area (Å²) < 4.78 is 4.87. The van der Waals surface area contributed by atoms with Crippen LogP contribution in [-0.2, 0) is 4.18 Å². The van der Waals surface area contributed by atoms with E-state index in [9.17, 15) is 0 Å². The molecule has 13 heavy (non-hydrogen) atoms. The van der Waals surface area contributed by atoms with Gasteiger partial charge in [0.15, 0.2) is 0 Å². The van der Waals surface area contributed by atoms with Crippen LogP contribution in [0.2, 0.25) is 0 Å². The fourth-order valence-corrected chi connectivity index (χ4v) is 1.35. The zero-order chi connectivity index (χ0) is 9.36. The van der Waals surface area contributed by atoms with Gasteiger partial charge in [-0.15, -0.1) is 0 Å². The highest BCUT2D eigenvalue weighted by atomic mass is 32.2. The van der Waals surface area contributed by atoms with Crippen molar-refractivity contribution in [3.63, 3.8) is 0 Å². The summed E-state index contributed by atoms with van der Waals surface area (Å²) in [5, 5.41) is 3.29. The molecule has 1 aromatic heterocycles. The summed E-state index contributed by atoms with van der Waals surface area (Å²) in [6, 6.07) is 3.92. The molecule has 0 bridgehead atoms. The lowest BCUT2D eigenvalue weighted by atomic mass is 10.4. The number of pyridine rings is 1. The molecule has 0 aliphatic rings. The third kappa shape index (κ3) is 4.75. The molecule has 0 aliphatic heterocycles. The number of hydrogen-bond donors (Lipinski definition) is 1. The van der Waals surface area contributed by atoms with Gasteiger partial charge in [-0.05, 0) is 30.6 Å². The van der Waals surface area contributed by atoms with E-state index in [4.69, 9.17) is 4.18 Å². The van der Waals surface area contributed by atoms with Crippen molar-refractivity contribution in [2.24, 2.45) is 0 Å². The van der Waals surface area contributed by atoms with Crippen molar-refractivity contribution >= 4 is 17.7 Å². The summed E-state index contributed by atoms with van der Waals surface area (Å²) >= 11 is 1.49. The monoisotopic (exact) mass is 198 g/mol. The van der Waals surface area contributed by atoms with Crippen molar-refractivity contribution in [2.45, 2.75) is 6.42 Å². The minimum absolute atomic E-state index is 0.973. The third-order valence-corrected chi connectivity index (χ3v) is 2.22. The molecule has 0 atom stereocenters. The SMILES string of the molecule is COSCCCNc1ccncc1. The minimum atomic E-state index is 0.973. The van der Waals surface area contributed by atoms with Gasteiger partial charge < -0.3 is 9.50 Å². The molecular weight excluding hydrogens is 184 g/mol. The lowest BCUT2D eigenvalue weighted by molar-refractivity contribution is 0.489. The maximum atomic E-state index is 4.87. The van der Waals surface area contributed by atoms with E-state index < -0.39 is 0 Å². The Balaban J connectivity index is 2.07. The van der Waals surface area contributed by atoms with Crippen LogP contribution in [0.15, 0.2) is 24.5 Å². The van der Waals surface area contributed by atoms with Gasteiger partial charge in [0.25, 0.3) is 0 Å². The van der Waals surface area contributed by atoms with E-state index in [2.05, 4.69) is 10.3 Å². The van der Waals surface area contributed by atoms with Gasteiger partial charge >= 0.3 is 0 Å². The Morgan fingerprint density at radius 2 is 2.23 bits per heavy atom. The Kier molecular flexibility index (Phi) is 5.36. The molecule has 1 heterocycles. The molecule has 1 aromatic rings. The van der Waals surface area contributed by atoms with Crippen molar-refractivity contribution in [1.82, 2.24) is 4.98 Å². The molecule has 0 radical (unpaired) electrons. The number of aromatic nitrogens is 1. The second-order valence-electron chi connectivity index (χ2n) is 2.50. The Morgan fingerprint density at radius 3 is 2.92 bits per heavy atom. The van der Waals surface area contributed by atoms with E-state index in [-0.39, 0.29) is 0 Å². The van der Waals surface area contributed by atoms with Crippen molar-refractivity contribution in [3.05, 3.63) is 24.5 Å². The predicted octanol–water partition coefficient (Wildman–Crippen LogP) is 2.18. The van der Waals surface area contributed by atoms with Crippen LogP contribution in [0.25, 0.3) is 0 Å². The van der Waals surface area contributed by atoms with Gasteiger partial charge in [0.2, 0.25) is 0 Å². The number of nitrogens with one attached hydrogen (secondary N) is 1. The van der Waals surface area contributed by atoms with E-state index in [1.165, 1.54) is 12.0 Å². The molecule has 4 heteroatoms. The Labute approximate surface area is 83.1 Å². The number of rotatable bonds is 6. The average molecular weight is 198 g/mol. The molecule has 0 saturated carbocycles. The summed E-state index contributed by atoms with van der Waals surface area (Å²) in [5.74, 6) is 1.02. The van der Waals surface area contributed by atoms with Crippen molar-refractivity contribution in [2.75, 3.05) is 24.7 Å². The molecule has 1 N–H and O–H groups in total. The first-order chi connectivity index (χ1) is 6.43. The number of nitrogens with zero attached hydrogens (tertiary/aromatic N) is 1. The maximum absolute atomic E-state index is 4.87. The lowest BCUT2D eigenvalue weighted by Gasteiger charge is -2.04. The first kappa shape index (κ1) is 10.3. The van der Waals surface area contributed by atoms with Crippen molar-refractivity contribution < 1.29 is 4.18 Å². The first-order valence-electron chi connectivity index (χ1n) is 4.23. The molecule has 3 nitrogen and oxygen atoms in total. The smallest absolute Gasteiger partial charge is 0.0503 e. The van der Waals surface area contributed by atoms with Crippen LogP contribution in [0, 0.1) is 0 Å². The topological polar surface area (TPSA) is 34.1 Å². The Bertz CT molecular complexity index is 218. The molecule has 0 aliphatic carbocycles. The third-order valence-electron chi connectivity index (χ3n) is 1.53. The largest absolute Gasteiger partial charge is 0.385 e. The summed E-state index contributed by atoms with van der Waals surface area (Å²) in [7, 11) is 1.70. The highest BCUT2D eigenvalue weighted by Gasteiger charge is 1.90. The fourth-order valence-electron chi connectivity index (χ4n) is 0.917. The van der Waals surface area contributed by atoms with E-state index in [1.54, 1.807) is 19.5 Å². The molecule has 72 valence electrons. The molecule has 0 amide bonds. The van der Waals surface area contributed by atoms with E-state index >= 15 is 0 Å². The lowest BCUT2D eigenvalue weighted by Crippen LogP contribution is -2.02. The molecule has 0 aromatic carbocycles. The van der Waals surface area contributed by atoms with Gasteiger partial charge in [-0.3, -0.25) is 4.98 Å².